The molecule has 0 spiro atoms. The Kier molecular flexibility index (Phi) is 4.92. The fraction of sp³-hybridized carbons (Fsp3) is 0.647. The van der Waals surface area contributed by atoms with Crippen molar-refractivity contribution in [3.8, 4) is 0 Å². The molecule has 1 aliphatic carbocycles. The summed E-state index contributed by atoms with van der Waals surface area (Å²) >= 11 is 0. The minimum Gasteiger partial charge on any atom is -0.379 e. The van der Waals surface area contributed by atoms with Gasteiger partial charge in [0.2, 0.25) is 0 Å². The Hall–Kier alpha value is -1.53. The number of aromatic nitrogens is 1. The zero-order chi connectivity index (χ0) is 16.3. The molecular formula is C17H24FN3O2. The molecule has 5 nitrogen and oxygen atoms in total. The van der Waals surface area contributed by atoms with Gasteiger partial charge in [-0.1, -0.05) is 12.8 Å². The van der Waals surface area contributed by atoms with E-state index in [0.717, 1.165) is 45.3 Å². The fourth-order valence-corrected chi connectivity index (χ4v) is 3.99. The minimum absolute atomic E-state index is 0.0387. The topological polar surface area (TPSA) is 54.5 Å². The highest BCUT2D eigenvalue weighted by Gasteiger charge is 2.45. The number of carbonyl (C=O) groups excluding carboxylic acids is 1. The second kappa shape index (κ2) is 6.93. The number of morpholine rings is 1. The van der Waals surface area contributed by atoms with Crippen LogP contribution in [-0.4, -0.2) is 53.7 Å². The maximum absolute atomic E-state index is 13.8. The standard InChI is InChI=1S/C17H24FN3O2/c1-13(20-16(22)14-4-7-19-12-15(14)18)17(5-2-3-6-17)21-8-10-23-11-9-21/h4,7,12-13H,2-3,5-6,8-11H2,1H3,(H,20,22). The summed E-state index contributed by atoms with van der Waals surface area (Å²) < 4.78 is 19.2. The lowest BCUT2D eigenvalue weighted by molar-refractivity contribution is -0.0323. The van der Waals surface area contributed by atoms with E-state index in [1.165, 1.54) is 25.1 Å². The molecule has 2 fully saturated rings. The van der Waals surface area contributed by atoms with E-state index >= 15 is 0 Å². The number of hydrogen-bond acceptors (Lipinski definition) is 4. The average Bonchev–Trinajstić information content (AvgIpc) is 3.07. The molecule has 3 rings (SSSR count). The van der Waals surface area contributed by atoms with Gasteiger partial charge in [0.25, 0.3) is 5.91 Å². The van der Waals surface area contributed by atoms with Gasteiger partial charge in [0, 0.05) is 30.9 Å². The van der Waals surface area contributed by atoms with Crippen LogP contribution in [0.25, 0.3) is 0 Å². The van der Waals surface area contributed by atoms with Gasteiger partial charge in [-0.2, -0.15) is 0 Å². The van der Waals surface area contributed by atoms with Crippen molar-refractivity contribution in [2.45, 2.75) is 44.2 Å². The number of carbonyl (C=O) groups is 1. The molecule has 1 aromatic heterocycles. The molecule has 23 heavy (non-hydrogen) atoms. The number of amides is 1. The molecule has 2 heterocycles. The molecule has 1 N–H and O–H groups in total. The molecule has 1 atom stereocenters. The van der Waals surface area contributed by atoms with E-state index < -0.39 is 5.82 Å². The van der Waals surface area contributed by atoms with E-state index in [4.69, 9.17) is 4.74 Å². The van der Waals surface area contributed by atoms with Crippen molar-refractivity contribution in [3.05, 3.63) is 29.8 Å². The van der Waals surface area contributed by atoms with Crippen LogP contribution in [0.2, 0.25) is 0 Å². The number of pyridine rings is 1. The van der Waals surface area contributed by atoms with E-state index in [1.807, 2.05) is 6.92 Å². The number of nitrogens with one attached hydrogen (secondary N) is 1. The molecule has 1 amide bonds. The van der Waals surface area contributed by atoms with Gasteiger partial charge in [-0.05, 0) is 25.8 Å². The smallest absolute Gasteiger partial charge is 0.254 e. The van der Waals surface area contributed by atoms with Crippen molar-refractivity contribution in [2.75, 3.05) is 26.3 Å². The molecule has 6 heteroatoms. The van der Waals surface area contributed by atoms with E-state index in [9.17, 15) is 9.18 Å². The number of halogens is 1. The molecular weight excluding hydrogens is 297 g/mol. The van der Waals surface area contributed by atoms with Gasteiger partial charge in [-0.3, -0.25) is 14.7 Å². The summed E-state index contributed by atoms with van der Waals surface area (Å²) in [6.45, 7) is 5.30. The average molecular weight is 321 g/mol. The molecule has 1 saturated carbocycles. The highest BCUT2D eigenvalue weighted by atomic mass is 19.1. The monoisotopic (exact) mass is 321 g/mol. The first-order valence-electron chi connectivity index (χ1n) is 8.37. The Morgan fingerprint density at radius 1 is 1.39 bits per heavy atom. The third-order valence-electron chi connectivity index (χ3n) is 5.28. The number of rotatable bonds is 4. The van der Waals surface area contributed by atoms with E-state index in [-0.39, 0.29) is 23.1 Å². The molecule has 126 valence electrons. The molecule has 1 saturated heterocycles. The van der Waals surface area contributed by atoms with Crippen LogP contribution in [0, 0.1) is 5.82 Å². The van der Waals surface area contributed by atoms with Gasteiger partial charge in [-0.15, -0.1) is 0 Å². The summed E-state index contributed by atoms with van der Waals surface area (Å²) in [4.78, 5) is 18.6. The van der Waals surface area contributed by atoms with Gasteiger partial charge < -0.3 is 10.1 Å². The summed E-state index contributed by atoms with van der Waals surface area (Å²) in [5.41, 5.74) is 0.0186. The van der Waals surface area contributed by atoms with Crippen LogP contribution in [0.4, 0.5) is 4.39 Å². The second-order valence-corrected chi connectivity index (χ2v) is 6.46. The lowest BCUT2D eigenvalue weighted by atomic mass is 9.86. The van der Waals surface area contributed by atoms with E-state index in [2.05, 4.69) is 15.2 Å². The summed E-state index contributed by atoms with van der Waals surface area (Å²) in [6, 6.07) is 1.39. The quantitative estimate of drug-likeness (QED) is 0.921. The molecule has 2 aliphatic rings. The Bertz CT molecular complexity index is 555. The SMILES string of the molecule is CC(NC(=O)c1ccncc1F)C1(N2CCOCC2)CCCC1. The molecule has 1 unspecified atom stereocenters. The van der Waals surface area contributed by atoms with Crippen LogP contribution in [0.1, 0.15) is 43.0 Å². The van der Waals surface area contributed by atoms with Crippen molar-refractivity contribution in [1.29, 1.82) is 0 Å². The van der Waals surface area contributed by atoms with Crippen LogP contribution in [0.3, 0.4) is 0 Å². The Labute approximate surface area is 136 Å². The maximum Gasteiger partial charge on any atom is 0.254 e. The largest absolute Gasteiger partial charge is 0.379 e. The van der Waals surface area contributed by atoms with Gasteiger partial charge >= 0.3 is 0 Å². The summed E-state index contributed by atoms with van der Waals surface area (Å²) in [5, 5.41) is 3.03. The van der Waals surface area contributed by atoms with Gasteiger partial charge in [0.15, 0.2) is 5.82 Å². The van der Waals surface area contributed by atoms with E-state index in [1.54, 1.807) is 0 Å². The molecule has 0 bridgehead atoms. The summed E-state index contributed by atoms with van der Waals surface area (Å²) in [6.07, 6.45) is 6.98. The Balaban J connectivity index is 1.75. The zero-order valence-corrected chi connectivity index (χ0v) is 13.6. The third-order valence-corrected chi connectivity index (χ3v) is 5.28. The fourth-order valence-electron chi connectivity index (χ4n) is 3.99. The number of hydrogen-bond donors (Lipinski definition) is 1. The number of ether oxygens (including phenoxy) is 1. The van der Waals surface area contributed by atoms with Crippen molar-refractivity contribution in [3.63, 3.8) is 0 Å². The highest BCUT2D eigenvalue weighted by Crippen LogP contribution is 2.38. The predicted octanol–water partition coefficient (Wildman–Crippen LogP) is 1.98. The first-order chi connectivity index (χ1) is 11.1. The first kappa shape index (κ1) is 16.3. The van der Waals surface area contributed by atoms with Crippen molar-refractivity contribution in [1.82, 2.24) is 15.2 Å². The van der Waals surface area contributed by atoms with Crippen molar-refractivity contribution < 1.29 is 13.9 Å². The van der Waals surface area contributed by atoms with E-state index in [0.29, 0.717) is 0 Å². The van der Waals surface area contributed by atoms with Gasteiger partial charge in [0.1, 0.15) is 0 Å². The van der Waals surface area contributed by atoms with Crippen LogP contribution < -0.4 is 5.32 Å². The van der Waals surface area contributed by atoms with Crippen LogP contribution in [0.15, 0.2) is 18.5 Å². The van der Waals surface area contributed by atoms with Gasteiger partial charge in [-0.25, -0.2) is 4.39 Å². The summed E-state index contributed by atoms with van der Waals surface area (Å²) in [7, 11) is 0. The van der Waals surface area contributed by atoms with Crippen LogP contribution in [-0.2, 0) is 4.74 Å². The van der Waals surface area contributed by atoms with Crippen LogP contribution >= 0.6 is 0 Å². The molecule has 1 aliphatic heterocycles. The second-order valence-electron chi connectivity index (χ2n) is 6.46. The maximum atomic E-state index is 13.8. The third kappa shape index (κ3) is 3.23. The Morgan fingerprint density at radius 3 is 2.74 bits per heavy atom. The van der Waals surface area contributed by atoms with Gasteiger partial charge in [0.05, 0.1) is 25.0 Å². The predicted molar refractivity (Wildman–Crippen MR) is 84.7 cm³/mol. The first-order valence-corrected chi connectivity index (χ1v) is 8.37. The number of nitrogens with zero attached hydrogens (tertiary/aromatic N) is 2. The Morgan fingerprint density at radius 2 is 2.09 bits per heavy atom. The normalized spacial score (nSPS) is 22.7. The van der Waals surface area contributed by atoms with Crippen molar-refractivity contribution in [2.24, 2.45) is 0 Å². The summed E-state index contributed by atoms with van der Waals surface area (Å²) in [5.74, 6) is -0.944. The highest BCUT2D eigenvalue weighted by molar-refractivity contribution is 5.94. The van der Waals surface area contributed by atoms with Crippen LogP contribution in [0.5, 0.6) is 0 Å². The lowest BCUT2D eigenvalue weighted by Gasteiger charge is -2.47. The molecule has 1 aromatic rings. The lowest BCUT2D eigenvalue weighted by Crippen LogP contribution is -2.62. The zero-order valence-electron chi connectivity index (χ0n) is 13.6. The molecule has 0 radical (unpaired) electrons. The molecule has 0 aromatic carbocycles. The minimum atomic E-state index is -0.580. The van der Waals surface area contributed by atoms with Crippen molar-refractivity contribution >= 4 is 5.91 Å².